The molecule has 1 aliphatic rings. The lowest BCUT2D eigenvalue weighted by molar-refractivity contribution is 0.121. The van der Waals surface area contributed by atoms with Crippen molar-refractivity contribution in [3.63, 3.8) is 0 Å². The van der Waals surface area contributed by atoms with Crippen LogP contribution in [0.4, 0.5) is 5.88 Å². The summed E-state index contributed by atoms with van der Waals surface area (Å²) in [6.45, 7) is 2.62. The molecule has 23 heavy (non-hydrogen) atoms. The quantitative estimate of drug-likeness (QED) is 0.709. The number of hydrogen-bond acceptors (Lipinski definition) is 7. The highest BCUT2D eigenvalue weighted by Crippen LogP contribution is 2.27. The highest BCUT2D eigenvalue weighted by atomic mass is 16.5. The van der Waals surface area contributed by atoms with E-state index in [2.05, 4.69) is 15.0 Å². The molecule has 1 fully saturated rings. The van der Waals surface area contributed by atoms with Crippen LogP contribution in [0.1, 0.15) is 0 Å². The predicted molar refractivity (Wildman–Crippen MR) is 84.3 cm³/mol. The van der Waals surface area contributed by atoms with Crippen molar-refractivity contribution in [3.05, 3.63) is 47.3 Å². The molecule has 0 amide bonds. The van der Waals surface area contributed by atoms with Gasteiger partial charge in [0, 0.05) is 43.3 Å². The van der Waals surface area contributed by atoms with Crippen LogP contribution in [0.2, 0.25) is 0 Å². The second-order valence-electron chi connectivity index (χ2n) is 5.21. The van der Waals surface area contributed by atoms with Crippen molar-refractivity contribution in [3.8, 4) is 11.3 Å². The molecular formula is C16H14N4O3. The molecule has 0 saturated carbocycles. The van der Waals surface area contributed by atoms with Crippen LogP contribution in [0.25, 0.3) is 22.2 Å². The van der Waals surface area contributed by atoms with E-state index in [1.165, 1.54) is 12.4 Å². The minimum atomic E-state index is -0.0896. The summed E-state index contributed by atoms with van der Waals surface area (Å²) in [5.74, 6) is 0.539. The second-order valence-corrected chi connectivity index (χ2v) is 5.21. The van der Waals surface area contributed by atoms with Crippen molar-refractivity contribution >= 4 is 16.9 Å². The first-order chi connectivity index (χ1) is 11.3. The average molecular weight is 310 g/mol. The van der Waals surface area contributed by atoms with Crippen molar-refractivity contribution in [1.29, 1.82) is 0 Å². The lowest BCUT2D eigenvalue weighted by atomic mass is 10.1. The van der Waals surface area contributed by atoms with Crippen molar-refractivity contribution in [2.24, 2.45) is 0 Å². The van der Waals surface area contributed by atoms with Gasteiger partial charge in [-0.3, -0.25) is 9.78 Å². The van der Waals surface area contributed by atoms with Crippen LogP contribution in [0, 0.1) is 0 Å². The van der Waals surface area contributed by atoms with Gasteiger partial charge in [0.15, 0.2) is 16.9 Å². The highest BCUT2D eigenvalue weighted by Gasteiger charge is 2.17. The van der Waals surface area contributed by atoms with Gasteiger partial charge in [-0.25, -0.2) is 9.97 Å². The minimum absolute atomic E-state index is 0.0896. The lowest BCUT2D eigenvalue weighted by Gasteiger charge is -2.27. The highest BCUT2D eigenvalue weighted by molar-refractivity contribution is 5.89. The topological polar surface area (TPSA) is 81.4 Å². The smallest absolute Gasteiger partial charge is 0.200 e. The summed E-state index contributed by atoms with van der Waals surface area (Å²) in [6.07, 6.45) is 6.34. The van der Waals surface area contributed by atoms with Crippen LogP contribution < -0.4 is 10.3 Å². The summed E-state index contributed by atoms with van der Waals surface area (Å²) in [6, 6.07) is 3.19. The van der Waals surface area contributed by atoms with Gasteiger partial charge in [-0.2, -0.15) is 0 Å². The normalized spacial score (nSPS) is 15.0. The predicted octanol–water partition coefficient (Wildman–Crippen LogP) is 1.48. The third-order valence-electron chi connectivity index (χ3n) is 3.79. The Labute approximate surface area is 131 Å². The molecule has 3 aromatic rings. The van der Waals surface area contributed by atoms with E-state index in [0.29, 0.717) is 54.4 Å². The molecule has 0 spiro atoms. The molecule has 7 heteroatoms. The first kappa shape index (κ1) is 13.8. The number of pyridine rings is 1. The van der Waals surface area contributed by atoms with E-state index >= 15 is 0 Å². The van der Waals surface area contributed by atoms with Crippen molar-refractivity contribution in [2.75, 3.05) is 31.2 Å². The molecule has 0 radical (unpaired) electrons. The van der Waals surface area contributed by atoms with Crippen molar-refractivity contribution < 1.29 is 9.15 Å². The van der Waals surface area contributed by atoms with Gasteiger partial charge >= 0.3 is 0 Å². The Morgan fingerprint density at radius 3 is 2.70 bits per heavy atom. The third-order valence-corrected chi connectivity index (χ3v) is 3.79. The fourth-order valence-corrected chi connectivity index (χ4v) is 2.64. The van der Waals surface area contributed by atoms with Gasteiger partial charge in [0.05, 0.1) is 18.6 Å². The van der Waals surface area contributed by atoms with E-state index in [1.807, 2.05) is 4.90 Å². The van der Waals surface area contributed by atoms with Crippen LogP contribution >= 0.6 is 0 Å². The fraction of sp³-hybridized carbons (Fsp3) is 0.250. The molecule has 3 aromatic heterocycles. The molecule has 7 nitrogen and oxygen atoms in total. The zero-order valence-corrected chi connectivity index (χ0v) is 12.3. The largest absolute Gasteiger partial charge is 0.438 e. The first-order valence-corrected chi connectivity index (χ1v) is 7.34. The fourth-order valence-electron chi connectivity index (χ4n) is 2.64. The summed E-state index contributed by atoms with van der Waals surface area (Å²) >= 11 is 0. The monoisotopic (exact) mass is 310 g/mol. The second kappa shape index (κ2) is 5.77. The first-order valence-electron chi connectivity index (χ1n) is 7.34. The number of morpholine rings is 1. The van der Waals surface area contributed by atoms with E-state index in [1.54, 1.807) is 24.7 Å². The summed E-state index contributed by atoms with van der Waals surface area (Å²) < 4.78 is 11.4. The average Bonchev–Trinajstić information content (AvgIpc) is 2.63. The zero-order valence-electron chi connectivity index (χ0n) is 12.3. The van der Waals surface area contributed by atoms with Gasteiger partial charge in [0.1, 0.15) is 12.0 Å². The van der Waals surface area contributed by atoms with Crippen LogP contribution in [-0.2, 0) is 4.74 Å². The molecule has 4 heterocycles. The van der Waals surface area contributed by atoms with Crippen LogP contribution in [0.15, 0.2) is 46.3 Å². The molecule has 4 rings (SSSR count). The van der Waals surface area contributed by atoms with E-state index < -0.39 is 0 Å². The zero-order chi connectivity index (χ0) is 15.6. The molecule has 1 saturated heterocycles. The molecule has 0 aromatic carbocycles. The number of rotatable bonds is 2. The number of nitrogens with zero attached hydrogens (tertiary/aromatic N) is 4. The molecule has 0 bridgehead atoms. The van der Waals surface area contributed by atoms with Crippen LogP contribution in [-0.4, -0.2) is 41.3 Å². The van der Waals surface area contributed by atoms with Crippen molar-refractivity contribution in [2.45, 2.75) is 0 Å². The third kappa shape index (κ3) is 2.55. The molecule has 116 valence electrons. The number of fused-ring (bicyclic) bond motifs is 1. The van der Waals surface area contributed by atoms with Gasteiger partial charge < -0.3 is 14.1 Å². The van der Waals surface area contributed by atoms with Gasteiger partial charge in [-0.05, 0) is 6.07 Å². The van der Waals surface area contributed by atoms with Crippen molar-refractivity contribution in [1.82, 2.24) is 15.0 Å². The van der Waals surface area contributed by atoms with Crippen LogP contribution in [0.5, 0.6) is 0 Å². The van der Waals surface area contributed by atoms with E-state index in [9.17, 15) is 4.79 Å². The Kier molecular flexibility index (Phi) is 3.47. The molecule has 0 atom stereocenters. The summed E-state index contributed by atoms with van der Waals surface area (Å²) in [5.41, 5.74) is 1.64. The van der Waals surface area contributed by atoms with Gasteiger partial charge in [-0.15, -0.1) is 0 Å². The molecular weight excluding hydrogens is 296 g/mol. The van der Waals surface area contributed by atoms with Crippen LogP contribution in [0.3, 0.4) is 0 Å². The summed E-state index contributed by atoms with van der Waals surface area (Å²) in [7, 11) is 0. The summed E-state index contributed by atoms with van der Waals surface area (Å²) in [5, 5.41) is 0.496. The minimum Gasteiger partial charge on any atom is -0.438 e. The van der Waals surface area contributed by atoms with Gasteiger partial charge in [0.2, 0.25) is 0 Å². The maximum Gasteiger partial charge on any atom is 0.200 e. The van der Waals surface area contributed by atoms with Gasteiger partial charge in [-0.1, -0.05) is 0 Å². The number of aromatic nitrogens is 3. The molecule has 1 aliphatic heterocycles. The molecule has 0 aliphatic carbocycles. The standard InChI is InChI=1S/C16H14N4O3/c21-13-7-14(20-3-5-22-6-4-20)23-16-12(13)1-2-19-15(16)11-8-17-10-18-9-11/h1-2,7-10H,3-6H2. The Morgan fingerprint density at radius 2 is 1.91 bits per heavy atom. The number of hydrogen-bond donors (Lipinski definition) is 0. The Balaban J connectivity index is 1.91. The Morgan fingerprint density at radius 1 is 1.13 bits per heavy atom. The number of anilines is 1. The lowest BCUT2D eigenvalue weighted by Crippen LogP contribution is -2.36. The van der Waals surface area contributed by atoms with E-state index in [4.69, 9.17) is 9.15 Å². The maximum atomic E-state index is 12.4. The number of ether oxygens (including phenoxy) is 1. The Bertz CT molecular complexity index is 889. The maximum absolute atomic E-state index is 12.4. The Hall–Kier alpha value is -2.80. The van der Waals surface area contributed by atoms with E-state index in [0.717, 1.165) is 0 Å². The molecule has 0 N–H and O–H groups in total. The molecule has 0 unspecified atom stereocenters. The summed E-state index contributed by atoms with van der Waals surface area (Å²) in [4.78, 5) is 26.8. The SMILES string of the molecule is O=c1cc(N2CCOCC2)oc2c(-c3cncnc3)nccc12. The van der Waals surface area contributed by atoms with E-state index in [-0.39, 0.29) is 5.43 Å². The van der Waals surface area contributed by atoms with Gasteiger partial charge in [0.25, 0.3) is 0 Å².